The zero-order valence-corrected chi connectivity index (χ0v) is 13.8. The van der Waals surface area contributed by atoms with Crippen LogP contribution in [0.25, 0.3) is 0 Å². The highest BCUT2D eigenvalue weighted by molar-refractivity contribution is 5.82. The van der Waals surface area contributed by atoms with E-state index in [4.69, 9.17) is 0 Å². The van der Waals surface area contributed by atoms with Crippen LogP contribution in [-0.4, -0.2) is 81.2 Å². The van der Waals surface area contributed by atoms with Crippen LogP contribution in [0.5, 0.6) is 0 Å². The minimum Gasteiger partial charge on any atom is -0.337 e. The highest BCUT2D eigenvalue weighted by Crippen LogP contribution is 2.18. The second kappa shape index (κ2) is 6.34. The predicted molar refractivity (Wildman–Crippen MR) is 83.3 cm³/mol. The molecule has 0 saturated carbocycles. The Kier molecular flexibility index (Phi) is 4.44. The molecule has 1 aromatic rings. The molecule has 0 N–H and O–H groups in total. The predicted octanol–water partition coefficient (Wildman–Crippen LogP) is 0.207. The molecule has 2 bridgehead atoms. The Morgan fingerprint density at radius 1 is 1.36 bits per heavy atom. The van der Waals surface area contributed by atoms with Gasteiger partial charge in [0, 0.05) is 39.3 Å². The lowest BCUT2D eigenvalue weighted by atomic mass is 10.1. The van der Waals surface area contributed by atoms with Gasteiger partial charge in [-0.3, -0.25) is 14.6 Å². The Morgan fingerprint density at radius 2 is 2.18 bits per heavy atom. The van der Waals surface area contributed by atoms with Crippen LogP contribution in [0, 0.1) is 0 Å². The fraction of sp³-hybridized carbons (Fsp3) is 0.800. The van der Waals surface area contributed by atoms with Gasteiger partial charge in [-0.05, 0) is 26.8 Å². The van der Waals surface area contributed by atoms with E-state index in [1.807, 2.05) is 11.6 Å². The van der Waals surface area contributed by atoms with Crippen molar-refractivity contribution in [3.8, 4) is 0 Å². The normalized spacial score (nSPS) is 27.9. The molecule has 7 nitrogen and oxygen atoms in total. The number of carbonyl (C=O) groups is 1. The van der Waals surface area contributed by atoms with Crippen molar-refractivity contribution in [3.63, 3.8) is 0 Å². The largest absolute Gasteiger partial charge is 0.337 e. The Hall–Kier alpha value is -1.47. The number of aromatic nitrogens is 3. The lowest BCUT2D eigenvalue weighted by Gasteiger charge is -2.38. The van der Waals surface area contributed by atoms with Crippen LogP contribution in [0.4, 0.5) is 0 Å². The van der Waals surface area contributed by atoms with E-state index in [2.05, 4.69) is 33.8 Å². The summed E-state index contributed by atoms with van der Waals surface area (Å²) in [7, 11) is 1.87. The quantitative estimate of drug-likeness (QED) is 0.796. The second-order valence-corrected chi connectivity index (χ2v) is 6.65. The standard InChI is InChI=1S/C15H26N6O/c1-12(2)21-11-16-17-14(21)10-18(3)15(22)13-9-19-5-4-6-20(13)8-7-19/h11-13H,4-10H2,1-3H3. The van der Waals surface area contributed by atoms with Crippen LogP contribution in [0.15, 0.2) is 6.33 Å². The van der Waals surface area contributed by atoms with Gasteiger partial charge in [0.1, 0.15) is 12.4 Å². The van der Waals surface area contributed by atoms with Crippen LogP contribution < -0.4 is 0 Å². The van der Waals surface area contributed by atoms with Gasteiger partial charge in [-0.25, -0.2) is 0 Å². The number of hydrogen-bond acceptors (Lipinski definition) is 5. The van der Waals surface area contributed by atoms with Crippen molar-refractivity contribution in [2.75, 3.05) is 39.8 Å². The molecule has 22 heavy (non-hydrogen) atoms. The summed E-state index contributed by atoms with van der Waals surface area (Å²) in [6, 6.07) is 0.300. The Bertz CT molecular complexity index is 524. The van der Waals surface area contributed by atoms with Crippen LogP contribution in [0.2, 0.25) is 0 Å². The van der Waals surface area contributed by atoms with Gasteiger partial charge in [0.2, 0.25) is 5.91 Å². The third-order valence-electron chi connectivity index (χ3n) is 4.74. The highest BCUT2D eigenvalue weighted by Gasteiger charge is 2.36. The van der Waals surface area contributed by atoms with E-state index in [9.17, 15) is 4.79 Å². The van der Waals surface area contributed by atoms with Gasteiger partial charge in [0.15, 0.2) is 5.82 Å². The first kappa shape index (κ1) is 15.4. The first-order chi connectivity index (χ1) is 10.6. The van der Waals surface area contributed by atoms with Gasteiger partial charge in [0.25, 0.3) is 0 Å². The Morgan fingerprint density at radius 3 is 2.95 bits per heavy atom. The molecule has 3 fully saturated rings. The van der Waals surface area contributed by atoms with Crippen molar-refractivity contribution in [3.05, 3.63) is 12.2 Å². The zero-order valence-electron chi connectivity index (χ0n) is 13.8. The SMILES string of the molecule is CC(C)n1cnnc1CN(C)C(=O)C1CN2CCCN1CC2. The molecule has 3 aliphatic heterocycles. The maximum atomic E-state index is 12.8. The Balaban J connectivity index is 1.68. The summed E-state index contributed by atoms with van der Waals surface area (Å²) in [5.74, 6) is 1.05. The molecule has 1 amide bonds. The van der Waals surface area contributed by atoms with E-state index in [1.165, 1.54) is 0 Å². The number of amides is 1. The molecule has 0 spiro atoms. The van der Waals surface area contributed by atoms with Gasteiger partial charge < -0.3 is 9.47 Å². The molecule has 122 valence electrons. The van der Waals surface area contributed by atoms with Crippen molar-refractivity contribution >= 4 is 5.91 Å². The molecule has 0 aromatic carbocycles. The highest BCUT2D eigenvalue weighted by atomic mass is 16.2. The van der Waals surface area contributed by atoms with Crippen LogP contribution in [0.1, 0.15) is 32.1 Å². The summed E-state index contributed by atoms with van der Waals surface area (Å²) in [6.45, 7) is 9.81. The van der Waals surface area contributed by atoms with Gasteiger partial charge in [-0.1, -0.05) is 0 Å². The second-order valence-electron chi connectivity index (χ2n) is 6.65. The molecule has 1 aromatic heterocycles. The summed E-state index contributed by atoms with van der Waals surface area (Å²) < 4.78 is 2.02. The van der Waals surface area contributed by atoms with E-state index < -0.39 is 0 Å². The summed E-state index contributed by atoms with van der Waals surface area (Å²) in [4.78, 5) is 19.4. The molecular weight excluding hydrogens is 280 g/mol. The van der Waals surface area contributed by atoms with Crippen LogP contribution in [-0.2, 0) is 11.3 Å². The number of piperazine rings is 1. The lowest BCUT2D eigenvalue weighted by molar-refractivity contribution is -0.138. The summed E-state index contributed by atoms with van der Waals surface area (Å²) in [5.41, 5.74) is 0. The monoisotopic (exact) mass is 306 g/mol. The van der Waals surface area contributed by atoms with E-state index in [0.717, 1.165) is 45.0 Å². The van der Waals surface area contributed by atoms with Gasteiger partial charge in [-0.2, -0.15) is 0 Å². The van der Waals surface area contributed by atoms with Gasteiger partial charge in [0.05, 0.1) is 6.54 Å². The van der Waals surface area contributed by atoms with Crippen molar-refractivity contribution in [2.24, 2.45) is 0 Å². The van der Waals surface area contributed by atoms with E-state index in [-0.39, 0.29) is 11.9 Å². The number of rotatable bonds is 4. The van der Waals surface area contributed by atoms with E-state index in [1.54, 1.807) is 11.2 Å². The Labute approximate surface area is 131 Å². The van der Waals surface area contributed by atoms with E-state index in [0.29, 0.717) is 12.6 Å². The summed E-state index contributed by atoms with van der Waals surface area (Å²) >= 11 is 0. The third-order valence-corrected chi connectivity index (χ3v) is 4.74. The molecule has 3 aliphatic rings. The molecule has 4 rings (SSSR count). The first-order valence-corrected chi connectivity index (χ1v) is 8.16. The number of hydrogen-bond donors (Lipinski definition) is 0. The van der Waals surface area contributed by atoms with Gasteiger partial charge in [-0.15, -0.1) is 10.2 Å². The number of fused-ring (bicyclic) bond motifs is 4. The lowest BCUT2D eigenvalue weighted by Crippen LogP contribution is -2.56. The third kappa shape index (κ3) is 3.01. The summed E-state index contributed by atoms with van der Waals surface area (Å²) in [6.07, 6.45) is 2.90. The maximum Gasteiger partial charge on any atom is 0.241 e. The molecule has 3 saturated heterocycles. The first-order valence-electron chi connectivity index (χ1n) is 8.16. The van der Waals surface area contributed by atoms with Crippen molar-refractivity contribution in [1.82, 2.24) is 29.5 Å². The zero-order chi connectivity index (χ0) is 15.7. The van der Waals surface area contributed by atoms with Crippen LogP contribution >= 0.6 is 0 Å². The number of likely N-dealkylation sites (N-methyl/N-ethyl adjacent to an activating group) is 1. The molecule has 4 heterocycles. The van der Waals surface area contributed by atoms with Gasteiger partial charge >= 0.3 is 0 Å². The average Bonchev–Trinajstić information content (AvgIpc) is 2.73. The maximum absolute atomic E-state index is 12.8. The fourth-order valence-corrected chi connectivity index (χ4v) is 3.43. The smallest absolute Gasteiger partial charge is 0.241 e. The molecule has 0 aliphatic carbocycles. The van der Waals surface area contributed by atoms with Crippen LogP contribution in [0.3, 0.4) is 0 Å². The summed E-state index contributed by atoms with van der Waals surface area (Å²) in [5, 5.41) is 8.14. The molecule has 3 atom stereocenters. The number of nitrogens with zero attached hydrogens (tertiary/aromatic N) is 6. The molecular formula is C15H26N6O. The number of carbonyl (C=O) groups excluding carboxylic acids is 1. The topological polar surface area (TPSA) is 57.5 Å². The molecule has 0 radical (unpaired) electrons. The minimum atomic E-state index is -0.00308. The van der Waals surface area contributed by atoms with Crippen molar-refractivity contribution < 1.29 is 4.79 Å². The van der Waals surface area contributed by atoms with Crippen molar-refractivity contribution in [1.29, 1.82) is 0 Å². The fourth-order valence-electron chi connectivity index (χ4n) is 3.43. The minimum absolute atomic E-state index is 0.00308. The molecule has 7 heteroatoms. The van der Waals surface area contributed by atoms with Crippen molar-refractivity contribution in [2.45, 2.75) is 38.9 Å². The van der Waals surface area contributed by atoms with E-state index >= 15 is 0 Å². The average molecular weight is 306 g/mol. The molecule has 3 unspecified atom stereocenters.